The van der Waals surface area contributed by atoms with E-state index in [1.165, 1.54) is 5.56 Å². The molecule has 6 nitrogen and oxygen atoms in total. The van der Waals surface area contributed by atoms with Gasteiger partial charge in [-0.1, -0.05) is 46.7 Å². The summed E-state index contributed by atoms with van der Waals surface area (Å²) in [5.74, 6) is -0.00131. The Kier molecular flexibility index (Phi) is 5.51. The van der Waals surface area contributed by atoms with Crippen molar-refractivity contribution in [2.24, 2.45) is 0 Å². The van der Waals surface area contributed by atoms with E-state index in [-0.39, 0.29) is 12.3 Å². The van der Waals surface area contributed by atoms with Gasteiger partial charge in [0.2, 0.25) is 5.91 Å². The molecule has 1 amide bonds. The van der Waals surface area contributed by atoms with E-state index in [9.17, 15) is 4.79 Å². The molecule has 1 aromatic carbocycles. The molecule has 0 saturated heterocycles. The maximum Gasteiger partial charge on any atom is 0.229 e. The van der Waals surface area contributed by atoms with Gasteiger partial charge in [0.15, 0.2) is 0 Å². The topological polar surface area (TPSA) is 72.1 Å². The molecule has 0 unspecified atom stereocenters. The van der Waals surface area contributed by atoms with Gasteiger partial charge >= 0.3 is 0 Å². The van der Waals surface area contributed by atoms with E-state index in [0.29, 0.717) is 24.5 Å². The summed E-state index contributed by atoms with van der Waals surface area (Å²) in [6.07, 6.45) is 4.49. The predicted molar refractivity (Wildman–Crippen MR) is 92.5 cm³/mol. The van der Waals surface area contributed by atoms with Gasteiger partial charge in [-0.15, -0.1) is 0 Å². The molecule has 25 heavy (non-hydrogen) atoms. The molecule has 0 aliphatic heterocycles. The van der Waals surface area contributed by atoms with E-state index >= 15 is 0 Å². The van der Waals surface area contributed by atoms with Crippen molar-refractivity contribution < 1.29 is 9.42 Å². The maximum atomic E-state index is 12.8. The fraction of sp³-hybridized carbons (Fsp3) is 0.263. The minimum atomic E-state index is -0.00131. The number of hydrogen-bond donors (Lipinski definition) is 0. The zero-order chi connectivity index (χ0) is 17.5. The summed E-state index contributed by atoms with van der Waals surface area (Å²) < 4.78 is 4.69. The fourth-order valence-electron chi connectivity index (χ4n) is 2.58. The molecule has 0 atom stereocenters. The Balaban J connectivity index is 1.71. The van der Waals surface area contributed by atoms with Crippen LogP contribution in [-0.4, -0.2) is 32.6 Å². The molecule has 2 aromatic heterocycles. The van der Waals surface area contributed by atoms with Gasteiger partial charge in [0.25, 0.3) is 0 Å². The summed E-state index contributed by atoms with van der Waals surface area (Å²) in [4.78, 5) is 18.7. The third-order valence-electron chi connectivity index (χ3n) is 4.03. The van der Waals surface area contributed by atoms with Gasteiger partial charge in [-0.25, -0.2) is 4.63 Å². The first-order chi connectivity index (χ1) is 12.2. The largest absolute Gasteiger partial charge is 0.338 e. The molecule has 6 heteroatoms. The summed E-state index contributed by atoms with van der Waals surface area (Å²) >= 11 is 0. The Bertz CT molecular complexity index is 803. The van der Waals surface area contributed by atoms with Gasteiger partial charge < -0.3 is 4.90 Å². The number of aromatic nitrogens is 3. The Hall–Kier alpha value is -3.02. The van der Waals surface area contributed by atoms with Gasteiger partial charge in [-0.3, -0.25) is 9.78 Å². The molecule has 0 aliphatic rings. The highest BCUT2D eigenvalue weighted by Gasteiger charge is 2.18. The van der Waals surface area contributed by atoms with Crippen LogP contribution in [0.5, 0.6) is 0 Å². The fourth-order valence-corrected chi connectivity index (χ4v) is 2.58. The smallest absolute Gasteiger partial charge is 0.229 e. The van der Waals surface area contributed by atoms with Gasteiger partial charge in [0.1, 0.15) is 11.4 Å². The zero-order valence-electron chi connectivity index (χ0n) is 14.1. The lowest BCUT2D eigenvalue weighted by atomic mass is 10.1. The molecule has 3 aromatic rings. The summed E-state index contributed by atoms with van der Waals surface area (Å²) in [5, 5.41) is 7.56. The number of amides is 1. The van der Waals surface area contributed by atoms with E-state index in [1.54, 1.807) is 19.3 Å². The Morgan fingerprint density at radius 3 is 2.56 bits per heavy atom. The average molecular weight is 336 g/mol. The first-order valence-electron chi connectivity index (χ1n) is 8.21. The number of carbonyl (C=O) groups excluding carboxylic acids is 1. The number of hydrogen-bond acceptors (Lipinski definition) is 5. The maximum absolute atomic E-state index is 12.8. The lowest BCUT2D eigenvalue weighted by Crippen LogP contribution is -2.34. The second-order valence-electron chi connectivity index (χ2n) is 5.89. The minimum absolute atomic E-state index is 0.00131. The molecule has 0 radical (unpaired) electrons. The number of nitrogens with zero attached hydrogens (tertiary/aromatic N) is 4. The molecule has 0 fully saturated rings. The van der Waals surface area contributed by atoms with Crippen LogP contribution >= 0.6 is 0 Å². The van der Waals surface area contributed by atoms with Gasteiger partial charge in [-0.2, -0.15) is 0 Å². The predicted octanol–water partition coefficient (Wildman–Crippen LogP) is 2.59. The number of rotatable bonds is 7. The highest BCUT2D eigenvalue weighted by molar-refractivity contribution is 5.78. The van der Waals surface area contributed by atoms with Crippen molar-refractivity contribution in [3.05, 3.63) is 77.4 Å². The van der Waals surface area contributed by atoms with E-state index in [2.05, 4.69) is 27.4 Å². The minimum Gasteiger partial charge on any atom is -0.338 e. The number of pyridine rings is 1. The Morgan fingerprint density at radius 1 is 1.08 bits per heavy atom. The normalized spacial score (nSPS) is 10.6. The molecule has 0 N–H and O–H groups in total. The van der Waals surface area contributed by atoms with Crippen LogP contribution in [0.4, 0.5) is 0 Å². The molecule has 0 saturated carbocycles. The number of carbonyl (C=O) groups is 1. The molecule has 128 valence electrons. The van der Waals surface area contributed by atoms with Crippen molar-refractivity contribution in [3.63, 3.8) is 0 Å². The van der Waals surface area contributed by atoms with Crippen molar-refractivity contribution >= 4 is 5.91 Å². The summed E-state index contributed by atoms with van der Waals surface area (Å²) in [6.45, 7) is 2.93. The van der Waals surface area contributed by atoms with Gasteiger partial charge in [0, 0.05) is 25.5 Å². The summed E-state index contributed by atoms with van der Waals surface area (Å²) in [5.41, 5.74) is 3.43. The van der Waals surface area contributed by atoms with Crippen molar-refractivity contribution in [1.82, 2.24) is 20.2 Å². The van der Waals surface area contributed by atoms with Crippen LogP contribution in [0.15, 0.2) is 59.5 Å². The lowest BCUT2D eigenvalue weighted by Gasteiger charge is -2.22. The molecule has 0 spiro atoms. The molecule has 0 aliphatic carbocycles. The highest BCUT2D eigenvalue weighted by Crippen LogP contribution is 2.10. The van der Waals surface area contributed by atoms with Gasteiger partial charge in [0.05, 0.1) is 6.42 Å². The quantitative estimate of drug-likeness (QED) is 0.663. The van der Waals surface area contributed by atoms with Crippen molar-refractivity contribution in [2.75, 3.05) is 6.54 Å². The van der Waals surface area contributed by atoms with Crippen LogP contribution < -0.4 is 0 Å². The second-order valence-corrected chi connectivity index (χ2v) is 5.89. The molecule has 0 bridgehead atoms. The Morgan fingerprint density at radius 2 is 1.88 bits per heavy atom. The second kappa shape index (κ2) is 8.19. The molecular weight excluding hydrogens is 316 g/mol. The van der Waals surface area contributed by atoms with E-state index in [1.807, 2.05) is 35.2 Å². The molecular formula is C19H20N4O2. The van der Waals surface area contributed by atoms with Crippen LogP contribution in [0, 0.1) is 6.92 Å². The first kappa shape index (κ1) is 16.8. The third-order valence-corrected chi connectivity index (χ3v) is 4.03. The van der Waals surface area contributed by atoms with E-state index < -0.39 is 0 Å². The summed E-state index contributed by atoms with van der Waals surface area (Å²) in [6, 6.07) is 14.0. The zero-order valence-corrected chi connectivity index (χ0v) is 14.1. The van der Waals surface area contributed by atoms with E-state index in [0.717, 1.165) is 12.0 Å². The monoisotopic (exact) mass is 336 g/mol. The van der Waals surface area contributed by atoms with Crippen molar-refractivity contribution in [1.29, 1.82) is 0 Å². The van der Waals surface area contributed by atoms with Crippen molar-refractivity contribution in [2.45, 2.75) is 26.3 Å². The van der Waals surface area contributed by atoms with E-state index in [4.69, 9.17) is 4.63 Å². The highest BCUT2D eigenvalue weighted by atomic mass is 16.6. The lowest BCUT2D eigenvalue weighted by molar-refractivity contribution is -0.131. The van der Waals surface area contributed by atoms with Crippen LogP contribution in [0.3, 0.4) is 0 Å². The molecule has 3 rings (SSSR count). The summed E-state index contributed by atoms with van der Waals surface area (Å²) in [7, 11) is 0. The third kappa shape index (κ3) is 4.73. The van der Waals surface area contributed by atoms with Crippen LogP contribution in [0.25, 0.3) is 0 Å². The number of aryl methyl sites for hydroxylation is 1. The number of benzene rings is 1. The van der Waals surface area contributed by atoms with Crippen LogP contribution in [0.2, 0.25) is 0 Å². The average Bonchev–Trinajstić information content (AvgIpc) is 3.05. The van der Waals surface area contributed by atoms with Gasteiger partial charge in [-0.05, 0) is 30.5 Å². The molecule has 2 heterocycles. The van der Waals surface area contributed by atoms with Crippen molar-refractivity contribution in [3.8, 4) is 0 Å². The van der Waals surface area contributed by atoms with Crippen LogP contribution in [-0.2, 0) is 24.2 Å². The standard InChI is InChI=1S/C19H20N4O2/c1-15-18(22-25-21-15)12-19(24)23(14-17-8-5-10-20-13-17)11-9-16-6-3-2-4-7-16/h2-8,10,13H,9,11-12,14H2,1H3. The first-order valence-corrected chi connectivity index (χ1v) is 8.21. The Labute approximate surface area is 146 Å². The van der Waals surface area contributed by atoms with Crippen LogP contribution in [0.1, 0.15) is 22.5 Å². The SMILES string of the molecule is Cc1nonc1CC(=O)N(CCc1ccccc1)Cc1cccnc1.